The first-order chi connectivity index (χ1) is 13.8. The number of nitrogens with one attached hydrogen (secondary N) is 1. The number of halogens is 2. The van der Waals surface area contributed by atoms with E-state index in [1.807, 2.05) is 57.2 Å². The number of alkyl carbamates (subject to hydrolysis) is 1. The Labute approximate surface area is 198 Å². The van der Waals surface area contributed by atoms with Crippen LogP contribution in [0.5, 0.6) is 5.75 Å². The first-order valence-corrected chi connectivity index (χ1v) is 11.3. The number of carbonyl (C=O) groups is 1. The summed E-state index contributed by atoms with van der Waals surface area (Å²) in [6.45, 7) is 12.2. The summed E-state index contributed by atoms with van der Waals surface area (Å²) >= 11 is 8.49. The Hall–Kier alpha value is -1.54. The van der Waals surface area contributed by atoms with E-state index in [4.69, 9.17) is 21.1 Å². The van der Waals surface area contributed by atoms with Crippen LogP contribution in [0.3, 0.4) is 0 Å². The van der Waals surface area contributed by atoms with Gasteiger partial charge in [-0.25, -0.2) is 9.78 Å². The molecule has 1 amide bonds. The molecule has 1 aromatic heterocycles. The van der Waals surface area contributed by atoms with Crippen LogP contribution in [0, 0.1) is 9.12 Å². The van der Waals surface area contributed by atoms with E-state index in [2.05, 4.69) is 53.7 Å². The zero-order valence-corrected chi connectivity index (χ0v) is 21.3. The molecule has 0 aliphatic carbocycles. The van der Waals surface area contributed by atoms with Crippen LogP contribution in [-0.4, -0.2) is 22.7 Å². The topological polar surface area (TPSA) is 60.5 Å². The van der Waals surface area contributed by atoms with Crippen LogP contribution < -0.4 is 10.1 Å². The molecule has 7 heteroatoms. The summed E-state index contributed by atoms with van der Waals surface area (Å²) in [6.07, 6.45) is 0.146. The molecular formula is C23H30ClIN2O3. The summed E-state index contributed by atoms with van der Waals surface area (Å²) in [7, 11) is 0. The lowest BCUT2D eigenvalue weighted by Crippen LogP contribution is -2.47. The SMILES string of the molecule is CC(C)(C)OC(=O)NC(Cc1cc(OCc2ccccc2)c(Cl)nc1I)C(C)(C)C. The number of carbonyl (C=O) groups excluding carboxylic acids is 1. The molecular weight excluding hydrogens is 515 g/mol. The third-order valence-electron chi connectivity index (χ3n) is 4.37. The Balaban J connectivity index is 2.19. The van der Waals surface area contributed by atoms with Crippen molar-refractivity contribution in [1.82, 2.24) is 10.3 Å². The summed E-state index contributed by atoms with van der Waals surface area (Å²) in [5.41, 5.74) is 1.26. The van der Waals surface area contributed by atoms with Gasteiger partial charge in [-0.05, 0) is 72.4 Å². The van der Waals surface area contributed by atoms with Crippen LogP contribution in [0.2, 0.25) is 5.15 Å². The molecule has 0 radical (unpaired) electrons. The van der Waals surface area contributed by atoms with Gasteiger partial charge in [-0.2, -0.15) is 0 Å². The molecule has 164 valence electrons. The lowest BCUT2D eigenvalue weighted by atomic mass is 9.83. The monoisotopic (exact) mass is 544 g/mol. The summed E-state index contributed by atoms with van der Waals surface area (Å²) < 4.78 is 12.2. The van der Waals surface area contributed by atoms with E-state index >= 15 is 0 Å². The van der Waals surface area contributed by atoms with Crippen LogP contribution >= 0.6 is 34.2 Å². The average molecular weight is 545 g/mol. The minimum absolute atomic E-state index is 0.161. The van der Waals surface area contributed by atoms with E-state index in [0.29, 0.717) is 23.9 Å². The van der Waals surface area contributed by atoms with E-state index < -0.39 is 11.7 Å². The molecule has 1 atom stereocenters. The van der Waals surface area contributed by atoms with Gasteiger partial charge in [0.05, 0.1) is 0 Å². The largest absolute Gasteiger partial charge is 0.486 e. The molecule has 5 nitrogen and oxygen atoms in total. The summed E-state index contributed by atoms with van der Waals surface area (Å²) in [4.78, 5) is 16.8. The van der Waals surface area contributed by atoms with Gasteiger partial charge in [0.15, 0.2) is 10.9 Å². The van der Waals surface area contributed by atoms with Gasteiger partial charge in [-0.1, -0.05) is 62.7 Å². The normalized spacial score (nSPS) is 12.9. The van der Waals surface area contributed by atoms with Crippen LogP contribution in [0.4, 0.5) is 4.79 Å². The Morgan fingerprint density at radius 1 is 1.17 bits per heavy atom. The van der Waals surface area contributed by atoms with Crippen molar-refractivity contribution in [2.45, 2.75) is 66.2 Å². The van der Waals surface area contributed by atoms with Gasteiger partial charge in [0.25, 0.3) is 0 Å². The number of pyridine rings is 1. The van der Waals surface area contributed by atoms with E-state index in [0.717, 1.165) is 14.8 Å². The predicted molar refractivity (Wildman–Crippen MR) is 129 cm³/mol. The zero-order valence-electron chi connectivity index (χ0n) is 18.4. The molecule has 1 heterocycles. The second kappa shape index (κ2) is 10.2. The number of benzene rings is 1. The van der Waals surface area contributed by atoms with Crippen LogP contribution in [-0.2, 0) is 17.8 Å². The van der Waals surface area contributed by atoms with Crippen molar-refractivity contribution in [3.05, 3.63) is 56.4 Å². The van der Waals surface area contributed by atoms with Crippen LogP contribution in [0.1, 0.15) is 52.7 Å². The molecule has 0 saturated heterocycles. The number of aromatic nitrogens is 1. The average Bonchev–Trinajstić information content (AvgIpc) is 2.60. The highest BCUT2D eigenvalue weighted by Gasteiger charge is 2.29. The lowest BCUT2D eigenvalue weighted by Gasteiger charge is -2.32. The molecule has 0 saturated carbocycles. The van der Waals surface area contributed by atoms with Crippen LogP contribution in [0.25, 0.3) is 0 Å². The maximum Gasteiger partial charge on any atom is 0.407 e. The molecule has 0 bridgehead atoms. The second-order valence-corrected chi connectivity index (χ2v) is 10.7. The highest BCUT2D eigenvalue weighted by atomic mass is 127. The highest BCUT2D eigenvalue weighted by molar-refractivity contribution is 14.1. The van der Waals surface area contributed by atoms with Crippen molar-refractivity contribution < 1.29 is 14.3 Å². The summed E-state index contributed by atoms with van der Waals surface area (Å²) in [5, 5.41) is 3.34. The minimum Gasteiger partial charge on any atom is -0.486 e. The Morgan fingerprint density at radius 3 is 2.37 bits per heavy atom. The minimum atomic E-state index is -0.554. The smallest absolute Gasteiger partial charge is 0.407 e. The number of hydrogen-bond donors (Lipinski definition) is 1. The molecule has 2 rings (SSSR count). The van der Waals surface area contributed by atoms with Crippen molar-refractivity contribution in [1.29, 1.82) is 0 Å². The standard InChI is InChI=1S/C23H30ClIN2O3/c1-22(2,3)18(26-21(28)30-23(4,5)6)13-16-12-17(19(24)27-20(16)25)29-14-15-10-8-7-9-11-15/h7-12,18H,13-14H2,1-6H3,(H,26,28). The van der Waals surface area contributed by atoms with Gasteiger partial charge in [-0.3, -0.25) is 0 Å². The van der Waals surface area contributed by atoms with Gasteiger partial charge >= 0.3 is 6.09 Å². The van der Waals surface area contributed by atoms with Gasteiger partial charge in [-0.15, -0.1) is 0 Å². The van der Waals surface area contributed by atoms with E-state index in [1.54, 1.807) is 0 Å². The van der Waals surface area contributed by atoms with Gasteiger partial charge in [0.2, 0.25) is 0 Å². The number of ether oxygens (including phenoxy) is 2. The molecule has 1 aromatic carbocycles. The van der Waals surface area contributed by atoms with E-state index in [9.17, 15) is 4.79 Å². The molecule has 0 spiro atoms. The van der Waals surface area contributed by atoms with Crippen molar-refractivity contribution >= 4 is 40.3 Å². The zero-order chi connectivity index (χ0) is 22.5. The third-order valence-corrected chi connectivity index (χ3v) is 5.57. The van der Waals surface area contributed by atoms with Crippen molar-refractivity contribution in [2.75, 3.05) is 0 Å². The van der Waals surface area contributed by atoms with Gasteiger partial charge < -0.3 is 14.8 Å². The third kappa shape index (κ3) is 7.95. The number of amides is 1. The molecule has 2 aromatic rings. The molecule has 0 aliphatic rings. The Morgan fingerprint density at radius 2 is 1.80 bits per heavy atom. The van der Waals surface area contributed by atoms with E-state index in [1.165, 1.54) is 0 Å². The quantitative estimate of drug-likeness (QED) is 0.338. The second-order valence-electron chi connectivity index (χ2n) is 9.27. The maximum absolute atomic E-state index is 12.4. The Kier molecular flexibility index (Phi) is 8.39. The van der Waals surface area contributed by atoms with Gasteiger partial charge in [0, 0.05) is 6.04 Å². The first-order valence-electron chi connectivity index (χ1n) is 9.86. The first kappa shape index (κ1) is 24.7. The van der Waals surface area contributed by atoms with Gasteiger partial charge in [0.1, 0.15) is 15.9 Å². The fourth-order valence-electron chi connectivity index (χ4n) is 2.71. The summed E-state index contributed by atoms with van der Waals surface area (Å²) in [6, 6.07) is 11.6. The number of hydrogen-bond acceptors (Lipinski definition) is 4. The number of nitrogens with zero attached hydrogens (tertiary/aromatic N) is 1. The predicted octanol–water partition coefficient (Wildman–Crippen LogP) is 6.40. The van der Waals surface area contributed by atoms with Crippen LogP contribution in [0.15, 0.2) is 36.4 Å². The fourth-order valence-corrected chi connectivity index (χ4v) is 3.67. The molecule has 1 unspecified atom stereocenters. The highest BCUT2D eigenvalue weighted by Crippen LogP contribution is 2.30. The molecule has 0 fully saturated rings. The summed E-state index contributed by atoms with van der Waals surface area (Å²) in [5.74, 6) is 0.529. The maximum atomic E-state index is 12.4. The Bertz CT molecular complexity index is 861. The molecule has 1 N–H and O–H groups in total. The fraction of sp³-hybridized carbons (Fsp3) is 0.478. The van der Waals surface area contributed by atoms with Crippen molar-refractivity contribution in [3.63, 3.8) is 0 Å². The molecule has 30 heavy (non-hydrogen) atoms. The number of rotatable bonds is 6. The van der Waals surface area contributed by atoms with E-state index in [-0.39, 0.29) is 11.5 Å². The van der Waals surface area contributed by atoms with Crippen molar-refractivity contribution in [2.24, 2.45) is 5.41 Å². The molecule has 0 aliphatic heterocycles. The lowest BCUT2D eigenvalue weighted by molar-refractivity contribution is 0.0464. The van der Waals surface area contributed by atoms with Crippen molar-refractivity contribution in [3.8, 4) is 5.75 Å².